The van der Waals surface area contributed by atoms with Gasteiger partial charge in [-0.2, -0.15) is 0 Å². The first-order valence-electron chi connectivity index (χ1n) is 4.32. The van der Waals surface area contributed by atoms with E-state index in [2.05, 4.69) is 15.3 Å². The van der Waals surface area contributed by atoms with Gasteiger partial charge in [0, 0.05) is 18.3 Å². The second-order valence-electron chi connectivity index (χ2n) is 2.82. The highest BCUT2D eigenvalue weighted by atomic mass is 16.1. The number of hydrogen-bond acceptors (Lipinski definition) is 3. The third-order valence-electron chi connectivity index (χ3n) is 1.52. The SMILES string of the molecule is CCCC(=O)Nc1nccc(C)n1. The van der Waals surface area contributed by atoms with Gasteiger partial charge in [0.1, 0.15) is 0 Å². The smallest absolute Gasteiger partial charge is 0.229 e. The van der Waals surface area contributed by atoms with Crippen molar-refractivity contribution in [2.75, 3.05) is 5.32 Å². The van der Waals surface area contributed by atoms with E-state index in [0.29, 0.717) is 12.4 Å². The zero-order valence-corrected chi connectivity index (χ0v) is 7.87. The quantitative estimate of drug-likeness (QED) is 0.765. The number of carbonyl (C=O) groups is 1. The van der Waals surface area contributed by atoms with Gasteiger partial charge in [-0.25, -0.2) is 9.97 Å². The van der Waals surface area contributed by atoms with Crippen LogP contribution in [0.2, 0.25) is 0 Å². The molecule has 1 rings (SSSR count). The summed E-state index contributed by atoms with van der Waals surface area (Å²) in [5.41, 5.74) is 0.849. The van der Waals surface area contributed by atoms with E-state index < -0.39 is 0 Å². The summed E-state index contributed by atoms with van der Waals surface area (Å²) in [4.78, 5) is 19.1. The Bertz CT molecular complexity index is 299. The van der Waals surface area contributed by atoms with Gasteiger partial charge in [-0.3, -0.25) is 10.1 Å². The summed E-state index contributed by atoms with van der Waals surface area (Å²) in [6.45, 7) is 3.81. The van der Waals surface area contributed by atoms with Crippen molar-refractivity contribution >= 4 is 11.9 Å². The van der Waals surface area contributed by atoms with Gasteiger partial charge >= 0.3 is 0 Å². The van der Waals surface area contributed by atoms with Gasteiger partial charge in [-0.05, 0) is 19.4 Å². The van der Waals surface area contributed by atoms with Crippen molar-refractivity contribution in [2.24, 2.45) is 0 Å². The molecule has 1 aromatic rings. The van der Waals surface area contributed by atoms with Crippen LogP contribution < -0.4 is 5.32 Å². The molecule has 0 atom stereocenters. The van der Waals surface area contributed by atoms with Crippen LogP contribution in [-0.2, 0) is 4.79 Å². The average Bonchev–Trinajstić information content (AvgIpc) is 2.04. The van der Waals surface area contributed by atoms with Crippen molar-refractivity contribution in [1.82, 2.24) is 9.97 Å². The Morgan fingerprint density at radius 2 is 2.38 bits per heavy atom. The van der Waals surface area contributed by atoms with Gasteiger partial charge < -0.3 is 0 Å². The van der Waals surface area contributed by atoms with Crippen LogP contribution in [-0.4, -0.2) is 15.9 Å². The number of nitrogens with one attached hydrogen (secondary N) is 1. The lowest BCUT2D eigenvalue weighted by Crippen LogP contribution is -2.13. The Morgan fingerprint density at radius 1 is 1.62 bits per heavy atom. The molecule has 0 unspecified atom stereocenters. The van der Waals surface area contributed by atoms with E-state index in [1.54, 1.807) is 12.3 Å². The summed E-state index contributed by atoms with van der Waals surface area (Å²) in [6, 6.07) is 1.79. The molecule has 0 fully saturated rings. The van der Waals surface area contributed by atoms with Crippen LogP contribution >= 0.6 is 0 Å². The summed E-state index contributed by atoms with van der Waals surface area (Å²) >= 11 is 0. The maximum atomic E-state index is 11.1. The van der Waals surface area contributed by atoms with Crippen LogP contribution in [0, 0.1) is 6.92 Å². The van der Waals surface area contributed by atoms with Gasteiger partial charge in [-0.15, -0.1) is 0 Å². The summed E-state index contributed by atoms with van der Waals surface area (Å²) in [5.74, 6) is 0.353. The maximum absolute atomic E-state index is 11.1. The topological polar surface area (TPSA) is 54.9 Å². The molecule has 1 N–H and O–H groups in total. The predicted octanol–water partition coefficient (Wildman–Crippen LogP) is 1.52. The molecule has 4 heteroatoms. The zero-order chi connectivity index (χ0) is 9.68. The lowest BCUT2D eigenvalue weighted by atomic mass is 10.3. The molecule has 1 amide bonds. The van der Waals surface area contributed by atoms with Crippen molar-refractivity contribution in [3.63, 3.8) is 0 Å². The monoisotopic (exact) mass is 179 g/mol. The summed E-state index contributed by atoms with van der Waals surface area (Å²) in [7, 11) is 0. The maximum Gasteiger partial charge on any atom is 0.229 e. The largest absolute Gasteiger partial charge is 0.295 e. The number of nitrogens with zero attached hydrogens (tertiary/aromatic N) is 2. The second-order valence-corrected chi connectivity index (χ2v) is 2.82. The van der Waals surface area contributed by atoms with Crippen molar-refractivity contribution in [1.29, 1.82) is 0 Å². The highest BCUT2D eigenvalue weighted by molar-refractivity contribution is 5.88. The molecular weight excluding hydrogens is 166 g/mol. The number of carbonyl (C=O) groups excluding carboxylic acids is 1. The van der Waals surface area contributed by atoms with E-state index >= 15 is 0 Å². The fraction of sp³-hybridized carbons (Fsp3) is 0.444. The standard InChI is InChI=1S/C9H13N3O/c1-3-4-8(13)12-9-10-6-5-7(2)11-9/h5-6H,3-4H2,1-2H3,(H,10,11,12,13). The molecule has 0 aliphatic carbocycles. The molecule has 0 radical (unpaired) electrons. The first kappa shape index (κ1) is 9.64. The number of aromatic nitrogens is 2. The summed E-state index contributed by atoms with van der Waals surface area (Å²) < 4.78 is 0. The van der Waals surface area contributed by atoms with Crippen LogP contribution in [0.3, 0.4) is 0 Å². The van der Waals surface area contributed by atoms with E-state index in [0.717, 1.165) is 12.1 Å². The molecular formula is C9H13N3O. The van der Waals surface area contributed by atoms with Crippen molar-refractivity contribution in [2.45, 2.75) is 26.7 Å². The van der Waals surface area contributed by atoms with E-state index in [4.69, 9.17) is 0 Å². The van der Waals surface area contributed by atoms with Crippen molar-refractivity contribution in [3.05, 3.63) is 18.0 Å². The third kappa shape index (κ3) is 3.19. The molecule has 1 aromatic heterocycles. The summed E-state index contributed by atoms with van der Waals surface area (Å²) in [5, 5.41) is 2.62. The summed E-state index contributed by atoms with van der Waals surface area (Å²) in [6.07, 6.45) is 2.97. The molecule has 0 saturated carbocycles. The number of anilines is 1. The van der Waals surface area contributed by atoms with Gasteiger partial charge in [-0.1, -0.05) is 6.92 Å². The Balaban J connectivity index is 2.58. The van der Waals surface area contributed by atoms with Gasteiger partial charge in [0.2, 0.25) is 11.9 Å². The number of amides is 1. The van der Waals surface area contributed by atoms with Gasteiger partial charge in [0.15, 0.2) is 0 Å². The molecule has 0 saturated heterocycles. The Morgan fingerprint density at radius 3 is 3.00 bits per heavy atom. The molecule has 0 aliphatic rings. The van der Waals surface area contributed by atoms with Crippen LogP contribution in [0.5, 0.6) is 0 Å². The fourth-order valence-electron chi connectivity index (χ4n) is 0.923. The van der Waals surface area contributed by atoms with Gasteiger partial charge in [0.25, 0.3) is 0 Å². The van der Waals surface area contributed by atoms with Crippen molar-refractivity contribution < 1.29 is 4.79 Å². The Kier molecular flexibility index (Phi) is 3.37. The highest BCUT2D eigenvalue weighted by Gasteiger charge is 2.01. The molecule has 0 aromatic carbocycles. The third-order valence-corrected chi connectivity index (χ3v) is 1.52. The number of rotatable bonds is 3. The van der Waals surface area contributed by atoms with Crippen LogP contribution in [0.1, 0.15) is 25.5 Å². The lowest BCUT2D eigenvalue weighted by molar-refractivity contribution is -0.116. The molecule has 13 heavy (non-hydrogen) atoms. The molecule has 0 spiro atoms. The lowest BCUT2D eigenvalue weighted by Gasteiger charge is -2.01. The molecule has 70 valence electrons. The van der Waals surface area contributed by atoms with Crippen molar-refractivity contribution in [3.8, 4) is 0 Å². The second kappa shape index (κ2) is 4.54. The fourth-order valence-corrected chi connectivity index (χ4v) is 0.923. The van der Waals surface area contributed by atoms with E-state index in [9.17, 15) is 4.79 Å². The first-order valence-corrected chi connectivity index (χ1v) is 4.32. The van der Waals surface area contributed by atoms with E-state index in [-0.39, 0.29) is 5.91 Å². The zero-order valence-electron chi connectivity index (χ0n) is 7.87. The number of aryl methyl sites for hydroxylation is 1. The average molecular weight is 179 g/mol. The first-order chi connectivity index (χ1) is 6.22. The van der Waals surface area contributed by atoms with Gasteiger partial charge in [0.05, 0.1) is 0 Å². The van der Waals surface area contributed by atoms with E-state index in [1.807, 2.05) is 13.8 Å². The number of hydrogen-bond donors (Lipinski definition) is 1. The minimum Gasteiger partial charge on any atom is -0.295 e. The normalized spacial score (nSPS) is 9.69. The van der Waals surface area contributed by atoms with Crippen LogP contribution in [0.4, 0.5) is 5.95 Å². The Hall–Kier alpha value is -1.45. The molecule has 0 aliphatic heterocycles. The molecule has 1 heterocycles. The minimum absolute atomic E-state index is 0.0342. The molecule has 4 nitrogen and oxygen atoms in total. The van der Waals surface area contributed by atoms with E-state index in [1.165, 1.54) is 0 Å². The van der Waals surface area contributed by atoms with Crippen LogP contribution in [0.25, 0.3) is 0 Å². The van der Waals surface area contributed by atoms with Crippen LogP contribution in [0.15, 0.2) is 12.3 Å². The highest BCUT2D eigenvalue weighted by Crippen LogP contribution is 2.00. The Labute approximate surface area is 77.4 Å². The molecule has 0 bridgehead atoms. The predicted molar refractivity (Wildman–Crippen MR) is 50.3 cm³/mol. The minimum atomic E-state index is -0.0342.